The molecule has 1 unspecified atom stereocenters. The van der Waals surface area contributed by atoms with Gasteiger partial charge in [0.2, 0.25) is 0 Å². The maximum Gasteiger partial charge on any atom is 0.337 e. The van der Waals surface area contributed by atoms with Gasteiger partial charge in [-0.1, -0.05) is 59.1 Å². The van der Waals surface area contributed by atoms with Crippen molar-refractivity contribution in [1.82, 2.24) is 15.3 Å². The molecule has 5 rings (SSSR count). The van der Waals surface area contributed by atoms with E-state index in [4.69, 9.17) is 34.8 Å². The van der Waals surface area contributed by atoms with E-state index < -0.39 is 17.8 Å². The quantitative estimate of drug-likeness (QED) is 0.151. The first-order chi connectivity index (χ1) is 19.6. The van der Waals surface area contributed by atoms with Crippen molar-refractivity contribution in [3.8, 4) is 11.4 Å². The Balaban J connectivity index is 1.30. The van der Waals surface area contributed by atoms with Crippen molar-refractivity contribution >= 4 is 69.3 Å². The van der Waals surface area contributed by atoms with E-state index in [2.05, 4.69) is 20.6 Å². The van der Waals surface area contributed by atoms with Crippen LogP contribution in [0.1, 0.15) is 49.6 Å². The summed E-state index contributed by atoms with van der Waals surface area (Å²) in [4.78, 5) is 45.4. The normalized spacial score (nSPS) is 11.7. The van der Waals surface area contributed by atoms with E-state index in [0.29, 0.717) is 37.5 Å². The molecular weight excluding hydrogens is 587 g/mol. The molecule has 2 amide bonds. The fourth-order valence-electron chi connectivity index (χ4n) is 4.20. The van der Waals surface area contributed by atoms with Crippen molar-refractivity contribution in [2.24, 2.45) is 0 Å². The topological polar surface area (TPSA) is 124 Å². The first-order valence-electron chi connectivity index (χ1n) is 12.3. The molecule has 206 valence electrons. The van der Waals surface area contributed by atoms with Crippen LogP contribution < -0.4 is 10.6 Å². The molecule has 0 radical (unpaired) electrons. The van der Waals surface area contributed by atoms with Gasteiger partial charge in [0.1, 0.15) is 5.82 Å². The minimum atomic E-state index is -1.29. The molecule has 0 aliphatic carbocycles. The zero-order chi connectivity index (χ0) is 29.3. The highest BCUT2D eigenvalue weighted by Gasteiger charge is 2.19. The summed E-state index contributed by atoms with van der Waals surface area (Å²) in [5, 5.41) is 16.6. The largest absolute Gasteiger partial charge is 0.478 e. The van der Waals surface area contributed by atoms with Crippen LogP contribution in [0.4, 0.5) is 5.69 Å². The highest BCUT2D eigenvalue weighted by Crippen LogP contribution is 2.29. The molecule has 41 heavy (non-hydrogen) atoms. The standard InChI is InChI=1S/C30H21Cl3N4O4/c1-15(16-6-9-20(31)10-7-16)34-29(39)19-8-11-24(21(12-19)30(40)41)37-28(38)18-4-2-17(3-5-18)27-35-25-13-22(32)23(33)14-26(25)36-27/h2-15H,1H3,(H,34,39)(H,35,36)(H,37,38)(H,40,41). The molecule has 0 saturated carbocycles. The van der Waals surface area contributed by atoms with Gasteiger partial charge in [-0.15, -0.1) is 0 Å². The molecule has 0 aliphatic rings. The maximum absolute atomic E-state index is 13.0. The number of rotatable bonds is 7. The van der Waals surface area contributed by atoms with Crippen LogP contribution in [0.3, 0.4) is 0 Å². The summed E-state index contributed by atoms with van der Waals surface area (Å²) in [5.41, 5.74) is 3.19. The molecule has 1 aromatic heterocycles. The van der Waals surface area contributed by atoms with Crippen molar-refractivity contribution in [3.05, 3.63) is 116 Å². The number of aromatic amines is 1. The van der Waals surface area contributed by atoms with Crippen molar-refractivity contribution in [2.75, 3.05) is 5.32 Å². The third-order valence-corrected chi connectivity index (χ3v) is 7.40. The van der Waals surface area contributed by atoms with Crippen LogP contribution in [-0.2, 0) is 0 Å². The Kier molecular flexibility index (Phi) is 7.99. The SMILES string of the molecule is CC(NC(=O)c1ccc(NC(=O)c2ccc(-c3nc4cc(Cl)c(Cl)cc4[nH]3)cc2)c(C(=O)O)c1)c1ccc(Cl)cc1. The lowest BCUT2D eigenvalue weighted by Gasteiger charge is -2.15. The van der Waals surface area contributed by atoms with Crippen LogP contribution in [0, 0.1) is 0 Å². The fraction of sp³-hybridized carbons (Fsp3) is 0.0667. The van der Waals surface area contributed by atoms with Crippen LogP contribution >= 0.6 is 34.8 Å². The highest BCUT2D eigenvalue weighted by atomic mass is 35.5. The summed E-state index contributed by atoms with van der Waals surface area (Å²) in [6.45, 7) is 1.80. The van der Waals surface area contributed by atoms with Gasteiger partial charge in [0.15, 0.2) is 0 Å². The summed E-state index contributed by atoms with van der Waals surface area (Å²) < 4.78 is 0. The Labute approximate surface area is 249 Å². The van der Waals surface area contributed by atoms with Gasteiger partial charge in [-0.3, -0.25) is 9.59 Å². The monoisotopic (exact) mass is 606 g/mol. The number of carboxylic acid groups (broad SMARTS) is 1. The van der Waals surface area contributed by atoms with Gasteiger partial charge in [0.25, 0.3) is 11.8 Å². The minimum Gasteiger partial charge on any atom is -0.478 e. The lowest BCUT2D eigenvalue weighted by molar-refractivity contribution is 0.0698. The summed E-state index contributed by atoms with van der Waals surface area (Å²) >= 11 is 18.1. The average molecular weight is 608 g/mol. The first-order valence-corrected chi connectivity index (χ1v) is 13.4. The van der Waals surface area contributed by atoms with Gasteiger partial charge in [-0.25, -0.2) is 9.78 Å². The second kappa shape index (κ2) is 11.6. The Hall–Kier alpha value is -4.37. The molecule has 1 heterocycles. The number of hydrogen-bond acceptors (Lipinski definition) is 4. The van der Waals surface area contributed by atoms with Crippen LogP contribution in [0.15, 0.2) is 78.9 Å². The molecular formula is C30H21Cl3N4O4. The number of benzene rings is 4. The van der Waals surface area contributed by atoms with Crippen LogP contribution in [0.2, 0.25) is 15.1 Å². The molecule has 5 aromatic rings. The predicted molar refractivity (Wildman–Crippen MR) is 160 cm³/mol. The molecule has 0 aliphatic heterocycles. The van der Waals surface area contributed by atoms with Gasteiger partial charge < -0.3 is 20.7 Å². The molecule has 0 spiro atoms. The third-order valence-electron chi connectivity index (χ3n) is 6.42. The van der Waals surface area contributed by atoms with E-state index in [-0.39, 0.29) is 22.9 Å². The second-order valence-electron chi connectivity index (χ2n) is 9.21. The van der Waals surface area contributed by atoms with Gasteiger partial charge in [0.05, 0.1) is 38.4 Å². The number of anilines is 1. The molecule has 8 nitrogen and oxygen atoms in total. The van der Waals surface area contributed by atoms with E-state index in [1.165, 1.54) is 18.2 Å². The molecule has 1 atom stereocenters. The van der Waals surface area contributed by atoms with E-state index in [1.807, 2.05) is 0 Å². The van der Waals surface area contributed by atoms with Gasteiger partial charge in [-0.05, 0) is 67.1 Å². The van der Waals surface area contributed by atoms with E-state index in [0.717, 1.165) is 11.1 Å². The number of aromatic nitrogens is 2. The number of hydrogen-bond donors (Lipinski definition) is 4. The molecule has 0 saturated heterocycles. The van der Waals surface area contributed by atoms with E-state index in [9.17, 15) is 19.5 Å². The summed E-state index contributed by atoms with van der Waals surface area (Å²) in [5.74, 6) is -1.70. The van der Waals surface area contributed by atoms with Crippen LogP contribution in [0.25, 0.3) is 22.4 Å². The number of halogens is 3. The maximum atomic E-state index is 13.0. The van der Waals surface area contributed by atoms with E-state index in [1.54, 1.807) is 67.6 Å². The number of fused-ring (bicyclic) bond motifs is 1. The number of amides is 2. The number of carbonyl (C=O) groups is 3. The highest BCUT2D eigenvalue weighted by molar-refractivity contribution is 6.42. The summed E-state index contributed by atoms with van der Waals surface area (Å²) in [7, 11) is 0. The van der Waals surface area contributed by atoms with Gasteiger partial charge in [-0.2, -0.15) is 0 Å². The van der Waals surface area contributed by atoms with Crippen molar-refractivity contribution < 1.29 is 19.5 Å². The molecule has 4 N–H and O–H groups in total. The minimum absolute atomic E-state index is 0.0555. The number of imidazole rings is 1. The van der Waals surface area contributed by atoms with Crippen molar-refractivity contribution in [1.29, 1.82) is 0 Å². The lowest BCUT2D eigenvalue weighted by atomic mass is 10.1. The number of carboxylic acids is 1. The smallest absolute Gasteiger partial charge is 0.337 e. The zero-order valence-electron chi connectivity index (χ0n) is 21.3. The molecule has 0 bridgehead atoms. The van der Waals surface area contributed by atoms with Gasteiger partial charge in [0, 0.05) is 21.7 Å². The number of nitrogens with one attached hydrogen (secondary N) is 3. The molecule has 11 heteroatoms. The van der Waals surface area contributed by atoms with Crippen molar-refractivity contribution in [2.45, 2.75) is 13.0 Å². The average Bonchev–Trinajstić information content (AvgIpc) is 3.36. The Morgan fingerprint density at radius 3 is 2.17 bits per heavy atom. The van der Waals surface area contributed by atoms with E-state index >= 15 is 0 Å². The van der Waals surface area contributed by atoms with Gasteiger partial charge >= 0.3 is 5.97 Å². The number of aromatic carboxylic acids is 1. The number of nitrogens with zero attached hydrogens (tertiary/aromatic N) is 1. The Morgan fingerprint density at radius 2 is 1.49 bits per heavy atom. The fourth-order valence-corrected chi connectivity index (χ4v) is 4.65. The summed E-state index contributed by atoms with van der Waals surface area (Å²) in [6, 6.07) is 20.7. The number of H-pyrrole nitrogens is 1. The lowest BCUT2D eigenvalue weighted by Crippen LogP contribution is -2.27. The molecule has 0 fully saturated rings. The summed E-state index contributed by atoms with van der Waals surface area (Å²) in [6.07, 6.45) is 0. The van der Waals surface area contributed by atoms with Crippen molar-refractivity contribution in [3.63, 3.8) is 0 Å². The zero-order valence-corrected chi connectivity index (χ0v) is 23.6. The first kappa shape index (κ1) is 28.2. The Bertz CT molecular complexity index is 1760. The van der Waals surface area contributed by atoms with Crippen LogP contribution in [0.5, 0.6) is 0 Å². The second-order valence-corrected chi connectivity index (χ2v) is 10.5. The Morgan fingerprint density at radius 1 is 0.829 bits per heavy atom. The predicted octanol–water partition coefficient (Wildman–Crippen LogP) is 7.63. The van der Waals surface area contributed by atoms with Crippen LogP contribution in [-0.4, -0.2) is 32.9 Å². The third kappa shape index (κ3) is 6.20. The number of carbonyl (C=O) groups excluding carboxylic acids is 2. The molecule has 4 aromatic carbocycles.